The van der Waals surface area contributed by atoms with Crippen molar-refractivity contribution in [1.29, 1.82) is 0 Å². The van der Waals surface area contributed by atoms with Gasteiger partial charge in [-0.3, -0.25) is 4.79 Å². The zero-order valence-electron chi connectivity index (χ0n) is 12.9. The van der Waals surface area contributed by atoms with Gasteiger partial charge in [0.05, 0.1) is 0 Å². The number of carbonyl (C=O) groups excluding carboxylic acids is 1. The molecule has 0 radical (unpaired) electrons. The van der Waals surface area contributed by atoms with Gasteiger partial charge in [-0.05, 0) is 43.4 Å². The van der Waals surface area contributed by atoms with Gasteiger partial charge in [-0.2, -0.15) is 0 Å². The van der Waals surface area contributed by atoms with Crippen molar-refractivity contribution >= 4 is 17.4 Å². The number of nitrogens with one attached hydrogen (secondary N) is 1. The van der Waals surface area contributed by atoms with Crippen LogP contribution in [-0.4, -0.2) is 54.2 Å². The van der Waals surface area contributed by atoms with E-state index in [1.165, 1.54) is 24.3 Å². The van der Waals surface area contributed by atoms with E-state index in [0.29, 0.717) is 5.69 Å². The summed E-state index contributed by atoms with van der Waals surface area (Å²) in [6.45, 7) is 3.75. The number of piperazine rings is 1. The number of likely N-dealkylation sites (N-methyl/N-ethyl adjacent to an activating group) is 1. The maximum Gasteiger partial charge on any atom is 0.276 e. The molecule has 1 aliphatic heterocycles. The van der Waals surface area contributed by atoms with Crippen molar-refractivity contribution in [3.8, 4) is 0 Å². The van der Waals surface area contributed by atoms with Gasteiger partial charge in [0.15, 0.2) is 11.5 Å². The van der Waals surface area contributed by atoms with E-state index in [4.69, 9.17) is 0 Å². The second-order valence-electron chi connectivity index (χ2n) is 5.53. The predicted molar refractivity (Wildman–Crippen MR) is 86.1 cm³/mol. The molecule has 0 bridgehead atoms. The molecule has 120 valence electrons. The van der Waals surface area contributed by atoms with Crippen LogP contribution in [0.5, 0.6) is 0 Å². The fourth-order valence-corrected chi connectivity index (χ4v) is 2.38. The zero-order valence-corrected chi connectivity index (χ0v) is 12.9. The second-order valence-corrected chi connectivity index (χ2v) is 5.53. The van der Waals surface area contributed by atoms with Crippen LogP contribution in [0.2, 0.25) is 0 Å². The molecule has 0 spiro atoms. The molecule has 1 aromatic carbocycles. The number of benzene rings is 1. The number of hydrogen-bond acceptors (Lipinski definition) is 5. The predicted octanol–water partition coefficient (Wildman–Crippen LogP) is 1.62. The summed E-state index contributed by atoms with van der Waals surface area (Å²) in [7, 11) is 2.09. The van der Waals surface area contributed by atoms with E-state index in [-0.39, 0.29) is 17.4 Å². The molecule has 1 aromatic heterocycles. The molecule has 0 atom stereocenters. The average Bonchev–Trinajstić information content (AvgIpc) is 2.58. The van der Waals surface area contributed by atoms with Crippen molar-refractivity contribution < 1.29 is 9.18 Å². The molecule has 1 saturated heterocycles. The topological polar surface area (TPSA) is 61.4 Å². The van der Waals surface area contributed by atoms with Gasteiger partial charge in [0.25, 0.3) is 5.91 Å². The number of carbonyl (C=O) groups is 1. The van der Waals surface area contributed by atoms with Crippen LogP contribution in [0, 0.1) is 5.82 Å². The maximum absolute atomic E-state index is 12.8. The molecule has 0 unspecified atom stereocenters. The Kier molecular flexibility index (Phi) is 4.47. The lowest BCUT2D eigenvalue weighted by Crippen LogP contribution is -2.44. The highest BCUT2D eigenvalue weighted by molar-refractivity contribution is 6.02. The Labute approximate surface area is 133 Å². The first-order valence-electron chi connectivity index (χ1n) is 7.46. The lowest BCUT2D eigenvalue weighted by Gasteiger charge is -2.32. The lowest BCUT2D eigenvalue weighted by molar-refractivity contribution is 0.102. The Hall–Kier alpha value is -2.54. The molecule has 6 nitrogen and oxygen atoms in total. The summed E-state index contributed by atoms with van der Waals surface area (Å²) in [6, 6.07) is 9.03. The van der Waals surface area contributed by atoms with Crippen LogP contribution in [0.3, 0.4) is 0 Å². The Morgan fingerprint density at radius 1 is 1.04 bits per heavy atom. The fourth-order valence-electron chi connectivity index (χ4n) is 2.38. The quantitative estimate of drug-likeness (QED) is 0.932. The van der Waals surface area contributed by atoms with Gasteiger partial charge in [0.1, 0.15) is 5.82 Å². The monoisotopic (exact) mass is 315 g/mol. The van der Waals surface area contributed by atoms with Crippen molar-refractivity contribution in [3.63, 3.8) is 0 Å². The molecule has 2 aromatic rings. The van der Waals surface area contributed by atoms with E-state index in [0.717, 1.165) is 32.0 Å². The van der Waals surface area contributed by atoms with E-state index in [1.807, 2.05) is 0 Å². The zero-order chi connectivity index (χ0) is 16.2. The van der Waals surface area contributed by atoms with Gasteiger partial charge in [-0.15, -0.1) is 10.2 Å². The smallest absolute Gasteiger partial charge is 0.276 e. The first kappa shape index (κ1) is 15.4. The van der Waals surface area contributed by atoms with Crippen molar-refractivity contribution in [3.05, 3.63) is 47.9 Å². The largest absolute Gasteiger partial charge is 0.353 e. The number of aromatic nitrogens is 2. The molecule has 3 rings (SSSR count). The third-order valence-electron chi connectivity index (χ3n) is 3.81. The van der Waals surface area contributed by atoms with E-state index < -0.39 is 0 Å². The van der Waals surface area contributed by atoms with Crippen LogP contribution in [-0.2, 0) is 0 Å². The van der Waals surface area contributed by atoms with Crippen molar-refractivity contribution in [2.75, 3.05) is 43.4 Å². The van der Waals surface area contributed by atoms with Crippen LogP contribution in [0.1, 0.15) is 10.5 Å². The van der Waals surface area contributed by atoms with Gasteiger partial charge in [-0.1, -0.05) is 0 Å². The third-order valence-corrected chi connectivity index (χ3v) is 3.81. The van der Waals surface area contributed by atoms with Gasteiger partial charge >= 0.3 is 0 Å². The van der Waals surface area contributed by atoms with Crippen molar-refractivity contribution in [2.45, 2.75) is 0 Å². The SMILES string of the molecule is CN1CCN(c2ccc(C(=O)Nc3ccc(F)cc3)nn2)CC1. The molecule has 1 N–H and O–H groups in total. The van der Waals surface area contributed by atoms with Gasteiger partial charge in [0, 0.05) is 31.9 Å². The highest BCUT2D eigenvalue weighted by Gasteiger charge is 2.16. The van der Waals surface area contributed by atoms with Crippen LogP contribution < -0.4 is 10.2 Å². The number of rotatable bonds is 3. The number of amides is 1. The Morgan fingerprint density at radius 2 is 1.74 bits per heavy atom. The first-order valence-corrected chi connectivity index (χ1v) is 7.46. The van der Waals surface area contributed by atoms with Gasteiger partial charge < -0.3 is 15.1 Å². The second kappa shape index (κ2) is 6.70. The highest BCUT2D eigenvalue weighted by Crippen LogP contribution is 2.13. The molecule has 2 heterocycles. The maximum atomic E-state index is 12.8. The Balaban J connectivity index is 1.64. The average molecular weight is 315 g/mol. The number of halogens is 1. The van der Waals surface area contributed by atoms with Gasteiger partial charge in [-0.25, -0.2) is 4.39 Å². The van der Waals surface area contributed by atoms with E-state index in [2.05, 4.69) is 32.4 Å². The van der Waals surface area contributed by atoms with Crippen LogP contribution >= 0.6 is 0 Å². The minimum absolute atomic E-state index is 0.229. The highest BCUT2D eigenvalue weighted by atomic mass is 19.1. The Bertz CT molecular complexity index is 666. The molecule has 0 saturated carbocycles. The van der Waals surface area contributed by atoms with E-state index >= 15 is 0 Å². The lowest BCUT2D eigenvalue weighted by atomic mass is 10.3. The molecule has 1 fully saturated rings. The normalized spacial score (nSPS) is 15.5. The number of nitrogens with zero attached hydrogens (tertiary/aromatic N) is 4. The molecule has 1 aliphatic rings. The number of anilines is 2. The molecule has 1 amide bonds. The van der Waals surface area contributed by atoms with Gasteiger partial charge in [0.2, 0.25) is 0 Å². The molecule has 0 aliphatic carbocycles. The minimum Gasteiger partial charge on any atom is -0.353 e. The summed E-state index contributed by atoms with van der Waals surface area (Å²) < 4.78 is 12.8. The van der Waals surface area contributed by atoms with E-state index in [9.17, 15) is 9.18 Å². The summed E-state index contributed by atoms with van der Waals surface area (Å²) in [6.07, 6.45) is 0. The van der Waals surface area contributed by atoms with E-state index in [1.54, 1.807) is 12.1 Å². The van der Waals surface area contributed by atoms with Crippen molar-refractivity contribution in [1.82, 2.24) is 15.1 Å². The van der Waals surface area contributed by atoms with Crippen LogP contribution in [0.15, 0.2) is 36.4 Å². The summed E-state index contributed by atoms with van der Waals surface area (Å²) in [5, 5.41) is 10.8. The molecule has 7 heteroatoms. The van der Waals surface area contributed by atoms with Crippen LogP contribution in [0.4, 0.5) is 15.9 Å². The minimum atomic E-state index is -0.367. The summed E-state index contributed by atoms with van der Waals surface area (Å²) in [5.41, 5.74) is 0.744. The molecular formula is C16H18FN5O. The Morgan fingerprint density at radius 3 is 2.35 bits per heavy atom. The first-order chi connectivity index (χ1) is 11.1. The molecule has 23 heavy (non-hydrogen) atoms. The fraction of sp³-hybridized carbons (Fsp3) is 0.312. The number of hydrogen-bond donors (Lipinski definition) is 1. The van der Waals surface area contributed by atoms with Crippen molar-refractivity contribution in [2.24, 2.45) is 0 Å². The molecular weight excluding hydrogens is 297 g/mol. The standard InChI is InChI=1S/C16H18FN5O/c1-21-8-10-22(11-9-21)15-7-6-14(19-20-15)16(23)18-13-4-2-12(17)3-5-13/h2-7H,8-11H2,1H3,(H,18,23). The summed E-state index contributed by atoms with van der Waals surface area (Å²) in [4.78, 5) is 16.5. The van der Waals surface area contributed by atoms with Crippen LogP contribution in [0.25, 0.3) is 0 Å². The third kappa shape index (κ3) is 3.81. The summed E-state index contributed by atoms with van der Waals surface area (Å²) >= 11 is 0. The summed E-state index contributed by atoms with van der Waals surface area (Å²) in [5.74, 6) is 0.0600.